The van der Waals surface area contributed by atoms with Crippen LogP contribution >= 0.6 is 0 Å². The van der Waals surface area contributed by atoms with Gasteiger partial charge in [-0.15, -0.1) is 0 Å². The van der Waals surface area contributed by atoms with E-state index in [1.165, 1.54) is 7.11 Å². The largest absolute Gasteiger partial charge is 0.494 e. The monoisotopic (exact) mass is 288 g/mol. The lowest BCUT2D eigenvalue weighted by atomic mass is 9.97. The molecule has 0 radical (unpaired) electrons. The maximum absolute atomic E-state index is 14.6. The minimum Gasteiger partial charge on any atom is -0.494 e. The van der Waals surface area contributed by atoms with Crippen molar-refractivity contribution in [3.8, 4) is 5.75 Å². The van der Waals surface area contributed by atoms with Crippen LogP contribution in [0.3, 0.4) is 0 Å². The van der Waals surface area contributed by atoms with Crippen LogP contribution in [-0.4, -0.2) is 18.6 Å². The first-order valence-corrected chi connectivity index (χ1v) is 7.07. The van der Waals surface area contributed by atoms with E-state index in [4.69, 9.17) is 4.74 Å². The third-order valence-corrected chi connectivity index (χ3v) is 3.37. The third-order valence-electron chi connectivity index (χ3n) is 3.37. The molecule has 1 aromatic carbocycles. The van der Waals surface area contributed by atoms with E-state index in [9.17, 15) is 4.39 Å². The lowest BCUT2D eigenvalue weighted by Crippen LogP contribution is -2.23. The minimum atomic E-state index is -0.321. The van der Waals surface area contributed by atoms with Gasteiger partial charge in [0.15, 0.2) is 11.6 Å². The molecular weight excluding hydrogens is 267 g/mol. The Morgan fingerprint density at radius 1 is 1.24 bits per heavy atom. The number of halogens is 1. The molecule has 112 valence electrons. The summed E-state index contributed by atoms with van der Waals surface area (Å²) in [6.07, 6.45) is 0. The predicted molar refractivity (Wildman–Crippen MR) is 82.2 cm³/mol. The number of benzene rings is 1. The second-order valence-electron chi connectivity index (χ2n) is 5.04. The van der Waals surface area contributed by atoms with Gasteiger partial charge in [0, 0.05) is 17.0 Å². The lowest BCUT2D eigenvalue weighted by Gasteiger charge is -2.21. The molecule has 1 atom stereocenters. The summed E-state index contributed by atoms with van der Waals surface area (Å²) >= 11 is 0. The summed E-state index contributed by atoms with van der Waals surface area (Å²) in [6.45, 7) is 6.64. The van der Waals surface area contributed by atoms with Crippen molar-refractivity contribution in [3.05, 3.63) is 58.7 Å². The van der Waals surface area contributed by atoms with Crippen molar-refractivity contribution in [1.82, 2.24) is 10.3 Å². The summed E-state index contributed by atoms with van der Waals surface area (Å²) < 4.78 is 19.6. The molecule has 4 heteroatoms. The van der Waals surface area contributed by atoms with Gasteiger partial charge in [-0.25, -0.2) is 4.39 Å². The first-order valence-electron chi connectivity index (χ1n) is 7.07. The second-order valence-corrected chi connectivity index (χ2v) is 5.04. The number of ether oxygens (including phenoxy) is 1. The van der Waals surface area contributed by atoms with Crippen LogP contribution in [0, 0.1) is 19.7 Å². The van der Waals surface area contributed by atoms with Crippen molar-refractivity contribution >= 4 is 0 Å². The molecule has 21 heavy (non-hydrogen) atoms. The Labute approximate surface area is 125 Å². The molecule has 1 N–H and O–H groups in total. The van der Waals surface area contributed by atoms with Crippen molar-refractivity contribution in [2.24, 2.45) is 0 Å². The van der Waals surface area contributed by atoms with Gasteiger partial charge >= 0.3 is 0 Å². The number of nitrogens with one attached hydrogen (secondary N) is 1. The van der Waals surface area contributed by atoms with E-state index in [1.54, 1.807) is 12.1 Å². The Morgan fingerprint density at radius 2 is 1.90 bits per heavy atom. The highest BCUT2D eigenvalue weighted by Gasteiger charge is 2.20. The number of aryl methyl sites for hydroxylation is 2. The number of pyridine rings is 1. The summed E-state index contributed by atoms with van der Waals surface area (Å²) in [6, 6.07) is 8.98. The third kappa shape index (κ3) is 3.39. The topological polar surface area (TPSA) is 34.2 Å². The number of rotatable bonds is 5. The van der Waals surface area contributed by atoms with Gasteiger partial charge in [-0.05, 0) is 44.2 Å². The van der Waals surface area contributed by atoms with Crippen molar-refractivity contribution in [2.45, 2.75) is 26.8 Å². The van der Waals surface area contributed by atoms with E-state index in [1.807, 2.05) is 39.0 Å². The molecule has 2 rings (SSSR count). The van der Waals surface area contributed by atoms with E-state index >= 15 is 0 Å². The Hall–Kier alpha value is -1.94. The molecule has 0 aliphatic carbocycles. The van der Waals surface area contributed by atoms with Gasteiger partial charge in [0.2, 0.25) is 0 Å². The van der Waals surface area contributed by atoms with E-state index in [0.29, 0.717) is 5.56 Å². The molecule has 0 fully saturated rings. The second kappa shape index (κ2) is 6.68. The number of hydrogen-bond donors (Lipinski definition) is 1. The van der Waals surface area contributed by atoms with Gasteiger partial charge in [0.25, 0.3) is 0 Å². The molecule has 0 bridgehead atoms. The maximum Gasteiger partial charge on any atom is 0.170 e. The summed E-state index contributed by atoms with van der Waals surface area (Å²) in [4.78, 5) is 4.38. The van der Waals surface area contributed by atoms with Crippen LogP contribution in [0.5, 0.6) is 5.75 Å². The van der Waals surface area contributed by atoms with Gasteiger partial charge < -0.3 is 10.1 Å². The lowest BCUT2D eigenvalue weighted by molar-refractivity contribution is 0.381. The number of nitrogens with zero attached hydrogens (tertiary/aromatic N) is 1. The van der Waals surface area contributed by atoms with Crippen molar-refractivity contribution in [1.29, 1.82) is 0 Å². The van der Waals surface area contributed by atoms with E-state index in [-0.39, 0.29) is 17.6 Å². The van der Waals surface area contributed by atoms with Gasteiger partial charge in [-0.3, -0.25) is 4.98 Å². The fraction of sp³-hybridized carbons (Fsp3) is 0.353. The van der Waals surface area contributed by atoms with Crippen LogP contribution in [0.2, 0.25) is 0 Å². The van der Waals surface area contributed by atoms with Crippen molar-refractivity contribution < 1.29 is 9.13 Å². The van der Waals surface area contributed by atoms with Crippen LogP contribution in [0.25, 0.3) is 0 Å². The van der Waals surface area contributed by atoms with Crippen LogP contribution in [0.4, 0.5) is 4.39 Å². The molecule has 0 aliphatic heterocycles. The first kappa shape index (κ1) is 15.4. The highest BCUT2D eigenvalue weighted by atomic mass is 19.1. The van der Waals surface area contributed by atoms with Crippen LogP contribution in [0.1, 0.15) is 35.5 Å². The molecule has 0 saturated heterocycles. The Bertz CT molecular complexity index is 608. The highest BCUT2D eigenvalue weighted by Crippen LogP contribution is 2.29. The summed E-state index contributed by atoms with van der Waals surface area (Å²) in [5.74, 6) is -0.0593. The number of methoxy groups -OCH3 is 1. The summed E-state index contributed by atoms with van der Waals surface area (Å²) in [5.41, 5.74) is 3.45. The van der Waals surface area contributed by atoms with Crippen molar-refractivity contribution in [3.63, 3.8) is 0 Å². The molecule has 0 saturated carbocycles. The zero-order chi connectivity index (χ0) is 15.4. The molecule has 0 aliphatic rings. The van der Waals surface area contributed by atoms with Gasteiger partial charge in [-0.2, -0.15) is 0 Å². The molecule has 3 nitrogen and oxygen atoms in total. The Morgan fingerprint density at radius 3 is 2.48 bits per heavy atom. The molecule has 1 heterocycles. The highest BCUT2D eigenvalue weighted by molar-refractivity contribution is 5.39. The minimum absolute atomic E-state index is 0.217. The SMILES string of the molecule is CCNC(c1cc(C)nc(C)c1)c1cccc(OC)c1F. The first-order chi connectivity index (χ1) is 10.1. The van der Waals surface area contributed by atoms with Gasteiger partial charge in [0.1, 0.15) is 0 Å². The van der Waals surface area contributed by atoms with Crippen LogP contribution in [-0.2, 0) is 0 Å². The van der Waals surface area contributed by atoms with E-state index < -0.39 is 0 Å². The molecule has 0 amide bonds. The fourth-order valence-corrected chi connectivity index (χ4v) is 2.55. The fourth-order valence-electron chi connectivity index (χ4n) is 2.55. The maximum atomic E-state index is 14.6. The molecule has 2 aromatic rings. The normalized spacial score (nSPS) is 12.2. The van der Waals surface area contributed by atoms with E-state index in [2.05, 4.69) is 10.3 Å². The average Bonchev–Trinajstić information content (AvgIpc) is 2.44. The predicted octanol–water partition coefficient (Wildman–Crippen LogP) is 3.55. The quantitative estimate of drug-likeness (QED) is 0.913. The zero-order valence-electron chi connectivity index (χ0n) is 12.9. The molecule has 1 aromatic heterocycles. The Balaban J connectivity index is 2.53. The van der Waals surface area contributed by atoms with Crippen LogP contribution in [0.15, 0.2) is 30.3 Å². The molecule has 1 unspecified atom stereocenters. The van der Waals surface area contributed by atoms with Crippen molar-refractivity contribution in [2.75, 3.05) is 13.7 Å². The van der Waals surface area contributed by atoms with E-state index in [0.717, 1.165) is 23.5 Å². The Kier molecular flexibility index (Phi) is 4.91. The summed E-state index contributed by atoms with van der Waals surface area (Å²) in [7, 11) is 1.48. The molecular formula is C17H21FN2O. The smallest absolute Gasteiger partial charge is 0.170 e. The average molecular weight is 288 g/mol. The number of aromatic nitrogens is 1. The number of hydrogen-bond acceptors (Lipinski definition) is 3. The van der Waals surface area contributed by atoms with Gasteiger partial charge in [-0.1, -0.05) is 19.1 Å². The standard InChI is InChI=1S/C17H21FN2O/c1-5-19-17(13-9-11(2)20-12(3)10-13)14-7-6-8-15(21-4)16(14)18/h6-10,17,19H,5H2,1-4H3. The van der Waals surface area contributed by atoms with Gasteiger partial charge in [0.05, 0.1) is 13.2 Å². The molecule has 0 spiro atoms. The zero-order valence-corrected chi connectivity index (χ0v) is 12.9. The van der Waals surface area contributed by atoms with Crippen LogP contribution < -0.4 is 10.1 Å². The summed E-state index contributed by atoms with van der Waals surface area (Å²) in [5, 5.41) is 3.34.